The Morgan fingerprint density at radius 1 is 1.56 bits per heavy atom. The first kappa shape index (κ1) is 12.5. The van der Waals surface area contributed by atoms with Crippen molar-refractivity contribution in [3.8, 4) is 0 Å². The van der Waals surface area contributed by atoms with Crippen LogP contribution in [0.25, 0.3) is 0 Å². The van der Waals surface area contributed by atoms with Gasteiger partial charge in [0.15, 0.2) is 0 Å². The summed E-state index contributed by atoms with van der Waals surface area (Å²) in [7, 11) is 0. The molecule has 0 spiro atoms. The van der Waals surface area contributed by atoms with Crippen LogP contribution in [0, 0.1) is 23.0 Å². The number of amides is 1. The van der Waals surface area contributed by atoms with Gasteiger partial charge < -0.3 is 10.6 Å². The van der Waals surface area contributed by atoms with Crippen molar-refractivity contribution in [3.63, 3.8) is 0 Å². The second-order valence-corrected chi connectivity index (χ2v) is 4.56. The number of carbonyl (C=O) groups excluding carboxylic acids is 1. The van der Waals surface area contributed by atoms with Gasteiger partial charge in [-0.15, -0.1) is 0 Å². The maximum atomic E-state index is 11.9. The highest BCUT2D eigenvalue weighted by atomic mass is 16.6. The maximum Gasteiger partial charge on any atom is 0.292 e. The molecule has 0 aromatic heterocycles. The fourth-order valence-electron chi connectivity index (χ4n) is 2.18. The number of carbonyl (C=O) groups is 1. The summed E-state index contributed by atoms with van der Waals surface area (Å²) in [5.74, 6) is -0.0169. The number of hydrogen-bond donors (Lipinski definition) is 1. The second kappa shape index (κ2) is 4.73. The molecular formula is C12H15N3O3. The van der Waals surface area contributed by atoms with Gasteiger partial charge in [0, 0.05) is 19.0 Å². The van der Waals surface area contributed by atoms with E-state index in [1.165, 1.54) is 11.0 Å². The lowest BCUT2D eigenvalue weighted by atomic mass is 10.1. The molecule has 1 unspecified atom stereocenters. The van der Waals surface area contributed by atoms with Crippen molar-refractivity contribution in [2.45, 2.75) is 13.3 Å². The summed E-state index contributed by atoms with van der Waals surface area (Å²) in [4.78, 5) is 23.9. The van der Waals surface area contributed by atoms with Crippen molar-refractivity contribution in [1.82, 2.24) is 0 Å². The van der Waals surface area contributed by atoms with Gasteiger partial charge in [-0.3, -0.25) is 14.9 Å². The normalized spacial score (nSPS) is 19.3. The van der Waals surface area contributed by atoms with E-state index in [4.69, 9.17) is 5.73 Å². The van der Waals surface area contributed by atoms with Crippen molar-refractivity contribution in [2.75, 3.05) is 18.0 Å². The Morgan fingerprint density at radius 2 is 2.28 bits per heavy atom. The summed E-state index contributed by atoms with van der Waals surface area (Å²) in [6.07, 6.45) is 0.363. The molecule has 0 radical (unpaired) electrons. The highest BCUT2D eigenvalue weighted by Gasteiger charge is 2.33. The molecule has 0 bridgehead atoms. The van der Waals surface area contributed by atoms with Crippen LogP contribution < -0.4 is 10.6 Å². The molecule has 1 fully saturated rings. The summed E-state index contributed by atoms with van der Waals surface area (Å²) in [5.41, 5.74) is 6.78. The molecule has 1 heterocycles. The lowest BCUT2D eigenvalue weighted by Crippen LogP contribution is -2.26. The Labute approximate surface area is 105 Å². The average molecular weight is 249 g/mol. The molecule has 1 saturated heterocycles. The topological polar surface area (TPSA) is 89.5 Å². The predicted molar refractivity (Wildman–Crippen MR) is 67.3 cm³/mol. The van der Waals surface area contributed by atoms with Crippen LogP contribution in [-0.2, 0) is 4.79 Å². The Morgan fingerprint density at radius 3 is 2.83 bits per heavy atom. The summed E-state index contributed by atoms with van der Waals surface area (Å²) in [6.45, 7) is 2.72. The van der Waals surface area contributed by atoms with Crippen LogP contribution in [0.1, 0.15) is 12.0 Å². The zero-order valence-electron chi connectivity index (χ0n) is 10.1. The van der Waals surface area contributed by atoms with Gasteiger partial charge in [-0.2, -0.15) is 0 Å². The number of nitrogens with two attached hydrogens (primary N) is 1. The fourth-order valence-corrected chi connectivity index (χ4v) is 2.18. The molecule has 0 aliphatic carbocycles. The zero-order valence-corrected chi connectivity index (χ0v) is 10.1. The highest BCUT2D eigenvalue weighted by Crippen LogP contribution is 2.33. The molecule has 1 aromatic carbocycles. The minimum Gasteiger partial charge on any atom is -0.330 e. The van der Waals surface area contributed by atoms with Crippen molar-refractivity contribution < 1.29 is 9.72 Å². The van der Waals surface area contributed by atoms with Crippen LogP contribution in [-0.4, -0.2) is 23.9 Å². The number of nitro groups is 1. The van der Waals surface area contributed by atoms with E-state index >= 15 is 0 Å². The lowest BCUT2D eigenvalue weighted by Gasteiger charge is -2.17. The minimum absolute atomic E-state index is 0.0355. The molecule has 0 saturated carbocycles. The predicted octanol–water partition coefficient (Wildman–Crippen LogP) is 1.21. The van der Waals surface area contributed by atoms with Gasteiger partial charge in [0.2, 0.25) is 5.91 Å². The van der Waals surface area contributed by atoms with Crippen molar-refractivity contribution >= 4 is 17.3 Å². The number of hydrogen-bond acceptors (Lipinski definition) is 4. The van der Waals surface area contributed by atoms with Crippen LogP contribution in [0.5, 0.6) is 0 Å². The molecule has 6 nitrogen and oxygen atoms in total. The van der Waals surface area contributed by atoms with Gasteiger partial charge >= 0.3 is 0 Å². The van der Waals surface area contributed by atoms with Crippen LogP contribution in [0.3, 0.4) is 0 Å². The van der Waals surface area contributed by atoms with Crippen LogP contribution >= 0.6 is 0 Å². The Bertz CT molecular complexity index is 501. The molecule has 1 amide bonds. The molecule has 2 rings (SSSR count). The summed E-state index contributed by atoms with van der Waals surface area (Å²) >= 11 is 0. The summed E-state index contributed by atoms with van der Waals surface area (Å²) < 4.78 is 0. The Kier molecular flexibility index (Phi) is 3.29. The number of rotatable bonds is 3. The van der Waals surface area contributed by atoms with E-state index in [9.17, 15) is 14.9 Å². The smallest absolute Gasteiger partial charge is 0.292 e. The van der Waals surface area contributed by atoms with E-state index in [0.29, 0.717) is 25.2 Å². The van der Waals surface area contributed by atoms with E-state index in [0.717, 1.165) is 5.56 Å². The van der Waals surface area contributed by atoms with Crippen LogP contribution in [0.15, 0.2) is 18.2 Å². The van der Waals surface area contributed by atoms with E-state index in [2.05, 4.69) is 0 Å². The quantitative estimate of drug-likeness (QED) is 0.644. The van der Waals surface area contributed by atoms with E-state index in [1.54, 1.807) is 12.1 Å². The molecule has 2 N–H and O–H groups in total. The Hall–Kier alpha value is -1.95. The van der Waals surface area contributed by atoms with Gasteiger partial charge in [-0.05, 0) is 31.0 Å². The third-order valence-corrected chi connectivity index (χ3v) is 3.16. The lowest BCUT2D eigenvalue weighted by molar-refractivity contribution is -0.384. The second-order valence-electron chi connectivity index (χ2n) is 4.56. The van der Waals surface area contributed by atoms with Crippen LogP contribution in [0.4, 0.5) is 11.4 Å². The van der Waals surface area contributed by atoms with Gasteiger partial charge in [-0.25, -0.2) is 0 Å². The van der Waals surface area contributed by atoms with E-state index < -0.39 is 4.92 Å². The largest absolute Gasteiger partial charge is 0.330 e. The average Bonchev–Trinajstić information content (AvgIpc) is 2.70. The van der Waals surface area contributed by atoms with Crippen molar-refractivity contribution in [2.24, 2.45) is 11.7 Å². The first-order valence-corrected chi connectivity index (χ1v) is 5.78. The molecule has 1 aliphatic rings. The monoisotopic (exact) mass is 249 g/mol. The van der Waals surface area contributed by atoms with E-state index in [-0.39, 0.29) is 17.5 Å². The van der Waals surface area contributed by atoms with E-state index in [1.807, 2.05) is 6.92 Å². The third kappa shape index (κ3) is 2.19. The van der Waals surface area contributed by atoms with Gasteiger partial charge in [0.25, 0.3) is 5.69 Å². The minimum atomic E-state index is -0.460. The Balaban J connectivity index is 2.41. The highest BCUT2D eigenvalue weighted by molar-refractivity contribution is 5.98. The number of nitrogens with zero attached hydrogens (tertiary/aromatic N) is 2. The molecule has 1 aliphatic heterocycles. The van der Waals surface area contributed by atoms with Gasteiger partial charge in [-0.1, -0.05) is 6.07 Å². The molecule has 6 heteroatoms. The fraction of sp³-hybridized carbons (Fsp3) is 0.417. The number of aryl methyl sites for hydroxylation is 1. The third-order valence-electron chi connectivity index (χ3n) is 3.16. The molecular weight excluding hydrogens is 234 g/mol. The summed E-state index contributed by atoms with van der Waals surface area (Å²) in [6, 6.07) is 4.78. The van der Waals surface area contributed by atoms with Gasteiger partial charge in [0.1, 0.15) is 5.69 Å². The van der Waals surface area contributed by atoms with Crippen LogP contribution in [0.2, 0.25) is 0 Å². The van der Waals surface area contributed by atoms with Crippen molar-refractivity contribution in [3.05, 3.63) is 33.9 Å². The maximum absolute atomic E-state index is 11.9. The zero-order chi connectivity index (χ0) is 13.3. The number of nitro benzene ring substituents is 1. The first-order chi connectivity index (χ1) is 8.52. The van der Waals surface area contributed by atoms with Crippen molar-refractivity contribution in [1.29, 1.82) is 0 Å². The number of anilines is 1. The summed E-state index contributed by atoms with van der Waals surface area (Å²) in [5, 5.41) is 11.0. The molecule has 18 heavy (non-hydrogen) atoms. The SMILES string of the molecule is Cc1ccc([N+](=O)[O-])c(N2CC(CN)CC2=O)c1. The first-order valence-electron chi connectivity index (χ1n) is 5.78. The van der Waals surface area contributed by atoms with Gasteiger partial charge in [0.05, 0.1) is 4.92 Å². The molecule has 96 valence electrons. The molecule has 1 aromatic rings. The molecule has 1 atom stereocenters. The standard InChI is InChI=1S/C12H15N3O3/c1-8-2-3-10(15(17)18)11(4-8)14-7-9(6-13)5-12(14)16/h2-4,9H,5-7,13H2,1H3. The number of benzene rings is 1.